The van der Waals surface area contributed by atoms with Gasteiger partial charge in [-0.15, -0.1) is 0 Å². The predicted octanol–water partition coefficient (Wildman–Crippen LogP) is 3.16. The molecule has 0 bridgehead atoms. The first kappa shape index (κ1) is 17.1. The van der Waals surface area contributed by atoms with E-state index in [1.54, 1.807) is 30.3 Å². The van der Waals surface area contributed by atoms with E-state index in [0.717, 1.165) is 10.9 Å². The lowest BCUT2D eigenvalue weighted by Gasteiger charge is -2.23. The minimum atomic E-state index is -0.625. The Morgan fingerprint density at radius 1 is 1.04 bits per heavy atom. The zero-order chi connectivity index (χ0) is 19.0. The predicted molar refractivity (Wildman–Crippen MR) is 97.4 cm³/mol. The molecule has 0 N–H and O–H groups in total. The van der Waals surface area contributed by atoms with Crippen LogP contribution in [0.2, 0.25) is 0 Å². The molecule has 1 unspecified atom stereocenters. The maximum Gasteiger partial charge on any atom is 0.315 e. The minimum Gasteiger partial charge on any atom is -0.493 e. The van der Waals surface area contributed by atoms with Crippen molar-refractivity contribution in [1.82, 2.24) is 9.63 Å². The van der Waals surface area contributed by atoms with E-state index >= 15 is 0 Å². The zero-order valence-electron chi connectivity index (χ0n) is 14.9. The molecule has 2 aromatic carbocycles. The van der Waals surface area contributed by atoms with Crippen LogP contribution in [0.4, 0.5) is 0 Å². The van der Waals surface area contributed by atoms with Crippen molar-refractivity contribution in [2.24, 2.45) is 0 Å². The van der Waals surface area contributed by atoms with E-state index in [0.29, 0.717) is 17.2 Å². The van der Waals surface area contributed by atoms with Gasteiger partial charge in [0.15, 0.2) is 11.5 Å². The van der Waals surface area contributed by atoms with Crippen LogP contribution in [-0.2, 0) is 9.63 Å². The number of para-hydroxylation sites is 3. The van der Waals surface area contributed by atoms with Gasteiger partial charge in [-0.3, -0.25) is 14.4 Å². The molecule has 1 atom stereocenters. The quantitative estimate of drug-likeness (QED) is 0.512. The third kappa shape index (κ3) is 2.82. The summed E-state index contributed by atoms with van der Waals surface area (Å²) in [5.41, 5.74) is 1.34. The number of rotatable bonds is 5. The molecule has 138 valence electrons. The lowest BCUT2D eigenvalue weighted by Crippen LogP contribution is -2.31. The number of nitrogens with zero attached hydrogens (tertiary/aromatic N) is 2. The smallest absolute Gasteiger partial charge is 0.315 e. The van der Waals surface area contributed by atoms with E-state index in [4.69, 9.17) is 14.3 Å². The number of amides is 1. The zero-order valence-corrected chi connectivity index (χ0v) is 14.9. The molecule has 1 amide bonds. The summed E-state index contributed by atoms with van der Waals surface area (Å²) in [5.74, 6) is 0.00806. The third-order valence-electron chi connectivity index (χ3n) is 4.57. The molecule has 0 saturated heterocycles. The summed E-state index contributed by atoms with van der Waals surface area (Å²) in [6, 6.07) is 16.3. The van der Waals surface area contributed by atoms with E-state index in [9.17, 15) is 9.59 Å². The molecule has 1 aromatic heterocycles. The van der Waals surface area contributed by atoms with Crippen molar-refractivity contribution in [3.05, 3.63) is 60.3 Å². The third-order valence-corrected chi connectivity index (χ3v) is 4.57. The van der Waals surface area contributed by atoms with Crippen LogP contribution in [0.3, 0.4) is 0 Å². The Labute approximate surface area is 155 Å². The Bertz CT molecular complexity index is 1030. The topological polar surface area (TPSA) is 70.0 Å². The fraction of sp³-hybridized carbons (Fsp3) is 0.200. The van der Waals surface area contributed by atoms with Crippen molar-refractivity contribution in [1.29, 1.82) is 0 Å². The molecule has 0 saturated carbocycles. The van der Waals surface area contributed by atoms with Gasteiger partial charge in [-0.25, -0.2) is 0 Å². The van der Waals surface area contributed by atoms with Crippen LogP contribution in [0.25, 0.3) is 10.9 Å². The molecule has 0 fully saturated rings. The van der Waals surface area contributed by atoms with Gasteiger partial charge in [-0.1, -0.05) is 30.3 Å². The number of fused-ring (bicyclic) bond motifs is 3. The normalized spacial score (nSPS) is 15.9. The summed E-state index contributed by atoms with van der Waals surface area (Å²) in [4.78, 5) is 30.5. The molecule has 4 rings (SSSR count). The van der Waals surface area contributed by atoms with Gasteiger partial charge in [-0.2, -0.15) is 5.06 Å². The van der Waals surface area contributed by atoms with Crippen LogP contribution < -0.4 is 9.47 Å². The van der Waals surface area contributed by atoms with E-state index in [1.807, 2.05) is 28.8 Å². The van der Waals surface area contributed by atoms with Crippen LogP contribution in [0.1, 0.15) is 23.1 Å². The monoisotopic (exact) mass is 366 g/mol. The van der Waals surface area contributed by atoms with Crippen molar-refractivity contribution in [2.45, 2.75) is 12.6 Å². The summed E-state index contributed by atoms with van der Waals surface area (Å²) in [5, 5.41) is 2.13. The summed E-state index contributed by atoms with van der Waals surface area (Å²) in [6.45, 7) is 0. The fourth-order valence-corrected chi connectivity index (χ4v) is 3.41. The number of ether oxygens (including phenoxy) is 2. The Balaban J connectivity index is 1.65. The molecule has 7 heteroatoms. The molecular formula is C20H18N2O5. The molecule has 0 spiro atoms. The summed E-state index contributed by atoms with van der Waals surface area (Å²) in [7, 11) is 2.91. The van der Waals surface area contributed by atoms with Gasteiger partial charge >= 0.3 is 5.97 Å². The van der Waals surface area contributed by atoms with Crippen LogP contribution in [-0.4, -0.2) is 35.7 Å². The average Bonchev–Trinajstić information content (AvgIpc) is 3.18. The van der Waals surface area contributed by atoms with Gasteiger partial charge < -0.3 is 14.0 Å². The molecule has 1 aliphatic rings. The van der Waals surface area contributed by atoms with Crippen molar-refractivity contribution in [2.75, 3.05) is 14.2 Å². The molecule has 3 aromatic rings. The number of esters is 1. The Kier molecular flexibility index (Phi) is 4.29. The largest absolute Gasteiger partial charge is 0.493 e. The highest BCUT2D eigenvalue weighted by atomic mass is 16.7. The SMILES string of the molecule is COc1ccccc1OC(=O)CC1N(OC)C(=O)c2cc3ccccc3n21. The van der Waals surface area contributed by atoms with Gasteiger partial charge in [0.2, 0.25) is 0 Å². The Hall–Kier alpha value is -3.32. The van der Waals surface area contributed by atoms with Crippen molar-refractivity contribution >= 4 is 22.8 Å². The molecule has 2 heterocycles. The van der Waals surface area contributed by atoms with Crippen LogP contribution >= 0.6 is 0 Å². The molecule has 27 heavy (non-hydrogen) atoms. The maximum atomic E-state index is 12.7. The lowest BCUT2D eigenvalue weighted by atomic mass is 10.2. The number of hydroxylamine groups is 2. The highest BCUT2D eigenvalue weighted by Gasteiger charge is 2.40. The van der Waals surface area contributed by atoms with Crippen molar-refractivity contribution in [3.8, 4) is 11.5 Å². The number of aromatic nitrogens is 1. The first-order valence-electron chi connectivity index (χ1n) is 8.45. The van der Waals surface area contributed by atoms with Gasteiger partial charge in [0.25, 0.3) is 5.91 Å². The minimum absolute atomic E-state index is 0.0662. The molecule has 7 nitrogen and oxygen atoms in total. The number of benzene rings is 2. The van der Waals surface area contributed by atoms with Crippen molar-refractivity contribution in [3.63, 3.8) is 0 Å². The van der Waals surface area contributed by atoms with Gasteiger partial charge in [-0.05, 0) is 24.3 Å². The summed E-state index contributed by atoms with van der Waals surface area (Å²) < 4.78 is 12.5. The van der Waals surface area contributed by atoms with E-state index in [1.165, 1.54) is 19.3 Å². The number of carbonyl (C=O) groups is 2. The van der Waals surface area contributed by atoms with Gasteiger partial charge in [0.1, 0.15) is 11.9 Å². The Morgan fingerprint density at radius 2 is 1.74 bits per heavy atom. The first-order chi connectivity index (χ1) is 13.1. The van der Waals surface area contributed by atoms with Gasteiger partial charge in [0, 0.05) is 5.39 Å². The highest BCUT2D eigenvalue weighted by molar-refractivity contribution is 6.01. The summed E-state index contributed by atoms with van der Waals surface area (Å²) >= 11 is 0. The lowest BCUT2D eigenvalue weighted by molar-refractivity contribution is -0.151. The average molecular weight is 366 g/mol. The molecular weight excluding hydrogens is 348 g/mol. The maximum absolute atomic E-state index is 12.7. The number of carbonyl (C=O) groups excluding carboxylic acids is 2. The number of methoxy groups -OCH3 is 1. The van der Waals surface area contributed by atoms with E-state index < -0.39 is 12.1 Å². The summed E-state index contributed by atoms with van der Waals surface area (Å²) in [6.07, 6.45) is -0.692. The van der Waals surface area contributed by atoms with E-state index in [2.05, 4.69) is 0 Å². The number of hydrogen-bond donors (Lipinski definition) is 0. The second-order valence-electron chi connectivity index (χ2n) is 6.08. The second kappa shape index (κ2) is 6.77. The highest BCUT2D eigenvalue weighted by Crippen LogP contribution is 2.36. The first-order valence-corrected chi connectivity index (χ1v) is 8.45. The fourth-order valence-electron chi connectivity index (χ4n) is 3.41. The van der Waals surface area contributed by atoms with Crippen LogP contribution in [0, 0.1) is 0 Å². The van der Waals surface area contributed by atoms with Crippen molar-refractivity contribution < 1.29 is 23.9 Å². The standard InChI is InChI=1S/C20H18N2O5/c1-25-16-9-5-6-10-17(16)27-19(23)12-18-21-14-8-4-3-7-13(14)11-15(21)20(24)22(18)26-2/h3-11,18H,12H2,1-2H3. The molecule has 0 radical (unpaired) electrons. The Morgan fingerprint density at radius 3 is 2.48 bits per heavy atom. The molecule has 0 aliphatic carbocycles. The van der Waals surface area contributed by atoms with Crippen LogP contribution in [0.15, 0.2) is 54.6 Å². The van der Waals surface area contributed by atoms with Crippen LogP contribution in [0.5, 0.6) is 11.5 Å². The number of hydrogen-bond acceptors (Lipinski definition) is 5. The van der Waals surface area contributed by atoms with E-state index in [-0.39, 0.29) is 12.3 Å². The van der Waals surface area contributed by atoms with Gasteiger partial charge in [0.05, 0.1) is 26.2 Å². The molecule has 1 aliphatic heterocycles. The second-order valence-corrected chi connectivity index (χ2v) is 6.08.